The number of carbonyl (C=O) groups excluding carboxylic acids is 2. The number of halogens is 1. The zero-order valence-electron chi connectivity index (χ0n) is 18.9. The van der Waals surface area contributed by atoms with Gasteiger partial charge in [-0.1, -0.05) is 15.9 Å². The number of benzene rings is 3. The fourth-order valence-corrected chi connectivity index (χ4v) is 3.98. The number of carbonyl (C=O) groups is 2. The summed E-state index contributed by atoms with van der Waals surface area (Å²) in [5.74, 6) is 1.18. The van der Waals surface area contributed by atoms with Gasteiger partial charge in [0, 0.05) is 47.6 Å². The van der Waals surface area contributed by atoms with Gasteiger partial charge in [0.2, 0.25) is 0 Å². The lowest BCUT2D eigenvalue weighted by Crippen LogP contribution is -2.48. The van der Waals surface area contributed by atoms with Crippen LogP contribution in [0.2, 0.25) is 0 Å². The van der Waals surface area contributed by atoms with Gasteiger partial charge in [0.05, 0.1) is 7.11 Å². The molecule has 1 N–H and O–H groups in total. The van der Waals surface area contributed by atoms with Gasteiger partial charge in [-0.15, -0.1) is 0 Å². The average Bonchev–Trinajstić information content (AvgIpc) is 2.88. The summed E-state index contributed by atoms with van der Waals surface area (Å²) in [5.41, 5.74) is 2.43. The first kappa shape index (κ1) is 23.6. The molecular formula is C26H26BrN3O4. The molecule has 3 aromatic carbocycles. The molecule has 1 fully saturated rings. The van der Waals surface area contributed by atoms with Gasteiger partial charge < -0.3 is 24.6 Å². The molecule has 0 bridgehead atoms. The third kappa shape index (κ3) is 6.08. The van der Waals surface area contributed by atoms with E-state index in [-0.39, 0.29) is 18.4 Å². The Morgan fingerprint density at radius 2 is 1.47 bits per heavy atom. The molecule has 0 radical (unpaired) electrons. The minimum atomic E-state index is -0.221. The van der Waals surface area contributed by atoms with Crippen LogP contribution in [0.1, 0.15) is 10.4 Å². The largest absolute Gasteiger partial charge is 0.497 e. The first-order valence-electron chi connectivity index (χ1n) is 11.0. The summed E-state index contributed by atoms with van der Waals surface area (Å²) in [6, 6.07) is 22.2. The molecule has 8 heteroatoms. The van der Waals surface area contributed by atoms with E-state index in [4.69, 9.17) is 9.47 Å². The lowest BCUT2D eigenvalue weighted by atomic mass is 10.1. The number of anilines is 2. The molecule has 3 aromatic rings. The zero-order valence-corrected chi connectivity index (χ0v) is 20.5. The van der Waals surface area contributed by atoms with Crippen molar-refractivity contribution in [2.45, 2.75) is 0 Å². The standard InChI is InChI=1S/C26H26BrN3O4/c1-33-23-10-2-19(3-11-23)26(32)30-16-14-29(15-17-30)22-8-6-21(7-9-22)28-25(31)18-34-24-12-4-20(27)5-13-24/h2-13H,14-18H2,1H3,(H,28,31). The third-order valence-corrected chi connectivity index (χ3v) is 6.13. The highest BCUT2D eigenvalue weighted by molar-refractivity contribution is 9.10. The average molecular weight is 524 g/mol. The van der Waals surface area contributed by atoms with E-state index in [0.717, 1.165) is 29.0 Å². The second kappa shape index (κ2) is 11.1. The molecule has 34 heavy (non-hydrogen) atoms. The molecule has 0 aromatic heterocycles. The van der Waals surface area contributed by atoms with E-state index in [1.807, 2.05) is 41.3 Å². The van der Waals surface area contributed by atoms with Gasteiger partial charge in [-0.2, -0.15) is 0 Å². The van der Waals surface area contributed by atoms with Crippen molar-refractivity contribution in [3.63, 3.8) is 0 Å². The number of hydrogen-bond donors (Lipinski definition) is 1. The normalized spacial score (nSPS) is 13.4. The third-order valence-electron chi connectivity index (χ3n) is 5.60. The number of piperazine rings is 1. The summed E-state index contributed by atoms with van der Waals surface area (Å²) in [6.45, 7) is 2.73. The molecule has 176 valence electrons. The number of methoxy groups -OCH3 is 1. The van der Waals surface area contributed by atoms with Crippen molar-refractivity contribution >= 4 is 39.1 Å². The van der Waals surface area contributed by atoms with Crippen LogP contribution in [-0.4, -0.2) is 56.6 Å². The number of ether oxygens (including phenoxy) is 2. The van der Waals surface area contributed by atoms with Gasteiger partial charge in [0.1, 0.15) is 11.5 Å². The van der Waals surface area contributed by atoms with Crippen LogP contribution in [0.5, 0.6) is 11.5 Å². The summed E-state index contributed by atoms with van der Waals surface area (Å²) in [6.07, 6.45) is 0. The Morgan fingerprint density at radius 3 is 2.09 bits per heavy atom. The highest BCUT2D eigenvalue weighted by atomic mass is 79.9. The van der Waals surface area contributed by atoms with Crippen molar-refractivity contribution in [3.05, 3.63) is 82.8 Å². The number of nitrogens with one attached hydrogen (secondary N) is 1. The van der Waals surface area contributed by atoms with Crippen molar-refractivity contribution in [3.8, 4) is 11.5 Å². The fraction of sp³-hybridized carbons (Fsp3) is 0.231. The molecule has 0 saturated carbocycles. The van der Waals surface area contributed by atoms with Crippen molar-refractivity contribution in [1.82, 2.24) is 4.90 Å². The van der Waals surface area contributed by atoms with Gasteiger partial charge >= 0.3 is 0 Å². The van der Waals surface area contributed by atoms with E-state index >= 15 is 0 Å². The van der Waals surface area contributed by atoms with Crippen LogP contribution in [0, 0.1) is 0 Å². The summed E-state index contributed by atoms with van der Waals surface area (Å²) in [7, 11) is 1.61. The van der Waals surface area contributed by atoms with Crippen LogP contribution < -0.4 is 19.7 Å². The van der Waals surface area contributed by atoms with Gasteiger partial charge in [-0.25, -0.2) is 0 Å². The highest BCUT2D eigenvalue weighted by Gasteiger charge is 2.22. The smallest absolute Gasteiger partial charge is 0.262 e. The Hall–Kier alpha value is -3.52. The molecule has 1 aliphatic rings. The van der Waals surface area contributed by atoms with Crippen molar-refractivity contribution in [1.29, 1.82) is 0 Å². The Kier molecular flexibility index (Phi) is 7.69. The van der Waals surface area contributed by atoms with Gasteiger partial charge in [-0.05, 0) is 72.8 Å². The van der Waals surface area contributed by atoms with E-state index < -0.39 is 0 Å². The second-order valence-corrected chi connectivity index (χ2v) is 8.76. The predicted octanol–water partition coefficient (Wildman–Crippen LogP) is 4.44. The van der Waals surface area contributed by atoms with Crippen molar-refractivity contribution in [2.75, 3.05) is 50.1 Å². The Balaban J connectivity index is 1.25. The van der Waals surface area contributed by atoms with Crippen LogP contribution in [0.15, 0.2) is 77.3 Å². The molecule has 7 nitrogen and oxygen atoms in total. The number of hydrogen-bond acceptors (Lipinski definition) is 5. The first-order chi connectivity index (χ1) is 16.5. The predicted molar refractivity (Wildman–Crippen MR) is 136 cm³/mol. The molecule has 0 unspecified atom stereocenters. The Bertz CT molecular complexity index is 1110. The molecule has 0 aliphatic carbocycles. The minimum absolute atomic E-state index is 0.0331. The monoisotopic (exact) mass is 523 g/mol. The van der Waals surface area contributed by atoms with Crippen LogP contribution in [-0.2, 0) is 4.79 Å². The van der Waals surface area contributed by atoms with Crippen LogP contribution >= 0.6 is 15.9 Å². The summed E-state index contributed by atoms with van der Waals surface area (Å²) < 4.78 is 11.6. The zero-order chi connectivity index (χ0) is 23.9. The molecule has 1 saturated heterocycles. The number of nitrogens with zero attached hydrogens (tertiary/aromatic N) is 2. The van der Waals surface area contributed by atoms with E-state index in [0.29, 0.717) is 30.1 Å². The maximum absolute atomic E-state index is 12.8. The van der Waals surface area contributed by atoms with Crippen molar-refractivity contribution < 1.29 is 19.1 Å². The van der Waals surface area contributed by atoms with Gasteiger partial charge in [0.15, 0.2) is 6.61 Å². The highest BCUT2D eigenvalue weighted by Crippen LogP contribution is 2.21. The molecule has 0 spiro atoms. The molecule has 4 rings (SSSR count). The van der Waals surface area contributed by atoms with Crippen LogP contribution in [0.3, 0.4) is 0 Å². The second-order valence-electron chi connectivity index (χ2n) is 7.85. The SMILES string of the molecule is COc1ccc(C(=O)N2CCN(c3ccc(NC(=O)COc4ccc(Br)cc4)cc3)CC2)cc1. The summed E-state index contributed by atoms with van der Waals surface area (Å²) in [4.78, 5) is 29.1. The van der Waals surface area contributed by atoms with E-state index in [9.17, 15) is 9.59 Å². The number of amides is 2. The minimum Gasteiger partial charge on any atom is -0.497 e. The quantitative estimate of drug-likeness (QED) is 0.495. The molecule has 0 atom stereocenters. The van der Waals surface area contributed by atoms with Crippen LogP contribution in [0.4, 0.5) is 11.4 Å². The number of rotatable bonds is 7. The van der Waals surface area contributed by atoms with Crippen LogP contribution in [0.25, 0.3) is 0 Å². The molecular weight excluding hydrogens is 498 g/mol. The molecule has 2 amide bonds. The lowest BCUT2D eigenvalue weighted by Gasteiger charge is -2.36. The lowest BCUT2D eigenvalue weighted by molar-refractivity contribution is -0.118. The summed E-state index contributed by atoms with van der Waals surface area (Å²) >= 11 is 3.37. The summed E-state index contributed by atoms with van der Waals surface area (Å²) in [5, 5.41) is 2.85. The van der Waals surface area contributed by atoms with Crippen molar-refractivity contribution in [2.24, 2.45) is 0 Å². The molecule has 1 aliphatic heterocycles. The fourth-order valence-electron chi connectivity index (χ4n) is 3.72. The topological polar surface area (TPSA) is 71.1 Å². The van der Waals surface area contributed by atoms with Gasteiger partial charge in [0.25, 0.3) is 11.8 Å². The van der Waals surface area contributed by atoms with E-state index in [1.165, 1.54) is 0 Å². The van der Waals surface area contributed by atoms with E-state index in [2.05, 4.69) is 26.1 Å². The maximum Gasteiger partial charge on any atom is 0.262 e. The Labute approximate surface area is 207 Å². The molecule has 1 heterocycles. The maximum atomic E-state index is 12.8. The Morgan fingerprint density at radius 1 is 0.853 bits per heavy atom. The van der Waals surface area contributed by atoms with Gasteiger partial charge in [-0.3, -0.25) is 9.59 Å². The first-order valence-corrected chi connectivity index (χ1v) is 11.8. The van der Waals surface area contributed by atoms with E-state index in [1.54, 1.807) is 43.5 Å².